The van der Waals surface area contributed by atoms with Crippen molar-refractivity contribution in [3.63, 3.8) is 0 Å². The summed E-state index contributed by atoms with van der Waals surface area (Å²) in [6, 6.07) is 2.53. The zero-order valence-electron chi connectivity index (χ0n) is 11.0. The van der Waals surface area contributed by atoms with E-state index in [0.717, 1.165) is 18.2 Å². The molecule has 0 aliphatic rings. The minimum absolute atomic E-state index is 0.118. The molecule has 0 spiro atoms. The van der Waals surface area contributed by atoms with Crippen molar-refractivity contribution in [2.75, 3.05) is 11.9 Å². The maximum atomic E-state index is 13.3. The Balaban J connectivity index is 2.49. The van der Waals surface area contributed by atoms with E-state index in [0.29, 0.717) is 12.8 Å². The van der Waals surface area contributed by atoms with Crippen molar-refractivity contribution in [1.29, 1.82) is 0 Å². The molecule has 0 aliphatic heterocycles. The van der Waals surface area contributed by atoms with Crippen LogP contribution in [0.4, 0.5) is 14.5 Å². The van der Waals surface area contributed by atoms with Crippen molar-refractivity contribution in [1.82, 2.24) is 5.32 Å². The lowest BCUT2D eigenvalue weighted by atomic mass is 10.2. The molecule has 1 aromatic carbocycles. The molecule has 0 aromatic heterocycles. The van der Waals surface area contributed by atoms with Gasteiger partial charge < -0.3 is 15.7 Å². The number of amides is 2. The first-order valence-corrected chi connectivity index (χ1v) is 6.16. The van der Waals surface area contributed by atoms with Crippen LogP contribution >= 0.6 is 0 Å². The lowest BCUT2D eigenvalue weighted by Crippen LogP contribution is -2.37. The topological polar surface area (TPSA) is 78.4 Å². The van der Waals surface area contributed by atoms with Gasteiger partial charge in [-0.2, -0.15) is 0 Å². The summed E-state index contributed by atoms with van der Waals surface area (Å²) < 4.78 is 26.1. The van der Waals surface area contributed by atoms with E-state index in [1.54, 1.807) is 6.92 Å². The van der Waals surface area contributed by atoms with Crippen molar-refractivity contribution < 1.29 is 23.5 Å². The largest absolute Gasteiger partial charge is 0.393 e. The molecule has 0 fully saturated rings. The van der Waals surface area contributed by atoms with Gasteiger partial charge in [0.2, 0.25) is 0 Å². The summed E-state index contributed by atoms with van der Waals surface area (Å²) >= 11 is 0. The second-order valence-electron chi connectivity index (χ2n) is 4.18. The Morgan fingerprint density at radius 3 is 2.65 bits per heavy atom. The van der Waals surface area contributed by atoms with Gasteiger partial charge in [0.05, 0.1) is 11.8 Å². The van der Waals surface area contributed by atoms with Gasteiger partial charge in [-0.05, 0) is 25.0 Å². The van der Waals surface area contributed by atoms with E-state index in [1.807, 2.05) is 5.32 Å². The molecule has 1 unspecified atom stereocenters. The number of rotatable bonds is 5. The maximum absolute atomic E-state index is 13.3. The summed E-state index contributed by atoms with van der Waals surface area (Å²) in [4.78, 5) is 22.8. The molecule has 1 atom stereocenters. The van der Waals surface area contributed by atoms with Crippen molar-refractivity contribution in [3.8, 4) is 0 Å². The summed E-state index contributed by atoms with van der Waals surface area (Å²) in [6.45, 7) is 1.90. The predicted octanol–water partition coefficient (Wildman–Crippen LogP) is 1.18. The van der Waals surface area contributed by atoms with E-state index in [-0.39, 0.29) is 6.54 Å². The molecular formula is C13H16F2N2O3. The molecule has 0 bridgehead atoms. The van der Waals surface area contributed by atoms with Crippen LogP contribution in [0.3, 0.4) is 0 Å². The standard InChI is InChI=1S/C13H16F2N2O3/c1-2-9(18)5-6-16-12(19)13(20)17-11-7-8(14)3-4-10(11)15/h3-4,7,9,18H,2,5-6H2,1H3,(H,16,19)(H,17,20). The highest BCUT2D eigenvalue weighted by Crippen LogP contribution is 2.14. The van der Waals surface area contributed by atoms with Gasteiger partial charge in [0.1, 0.15) is 11.6 Å². The molecule has 3 N–H and O–H groups in total. The molecule has 20 heavy (non-hydrogen) atoms. The van der Waals surface area contributed by atoms with Crippen molar-refractivity contribution in [2.24, 2.45) is 0 Å². The third-order valence-corrected chi connectivity index (χ3v) is 2.62. The molecule has 0 saturated heterocycles. The molecule has 0 heterocycles. The second-order valence-corrected chi connectivity index (χ2v) is 4.18. The zero-order valence-corrected chi connectivity index (χ0v) is 11.0. The van der Waals surface area contributed by atoms with Crippen LogP contribution in [0.1, 0.15) is 19.8 Å². The minimum Gasteiger partial charge on any atom is -0.393 e. The van der Waals surface area contributed by atoms with Gasteiger partial charge in [-0.15, -0.1) is 0 Å². The Labute approximate surface area is 115 Å². The minimum atomic E-state index is -1.10. The van der Waals surface area contributed by atoms with Gasteiger partial charge in [0, 0.05) is 12.6 Å². The van der Waals surface area contributed by atoms with Crippen LogP contribution in [-0.4, -0.2) is 29.6 Å². The smallest absolute Gasteiger partial charge is 0.313 e. The highest BCUT2D eigenvalue weighted by molar-refractivity contribution is 6.39. The Morgan fingerprint density at radius 2 is 2.00 bits per heavy atom. The van der Waals surface area contributed by atoms with Gasteiger partial charge >= 0.3 is 11.8 Å². The van der Waals surface area contributed by atoms with Crippen LogP contribution in [0, 0.1) is 11.6 Å². The molecule has 1 rings (SSSR count). The summed E-state index contributed by atoms with van der Waals surface area (Å²) in [6.07, 6.45) is 0.291. The van der Waals surface area contributed by atoms with E-state index < -0.39 is 35.2 Å². The van der Waals surface area contributed by atoms with Gasteiger partial charge in [-0.3, -0.25) is 9.59 Å². The fraction of sp³-hybridized carbons (Fsp3) is 0.385. The number of anilines is 1. The first-order chi connectivity index (χ1) is 9.43. The monoisotopic (exact) mass is 286 g/mol. The Kier molecular flexibility index (Phi) is 6.05. The van der Waals surface area contributed by atoms with Gasteiger partial charge in [-0.1, -0.05) is 6.92 Å². The molecule has 110 valence electrons. The number of benzene rings is 1. The third-order valence-electron chi connectivity index (χ3n) is 2.62. The number of carbonyl (C=O) groups is 2. The van der Waals surface area contributed by atoms with Crippen molar-refractivity contribution >= 4 is 17.5 Å². The second kappa shape index (κ2) is 7.54. The van der Waals surface area contributed by atoms with Crippen LogP contribution in [-0.2, 0) is 9.59 Å². The van der Waals surface area contributed by atoms with Gasteiger partial charge in [0.25, 0.3) is 0 Å². The van der Waals surface area contributed by atoms with Crippen LogP contribution in [0.2, 0.25) is 0 Å². The van der Waals surface area contributed by atoms with Crippen molar-refractivity contribution in [3.05, 3.63) is 29.8 Å². The number of aliphatic hydroxyl groups excluding tert-OH is 1. The summed E-state index contributed by atoms with van der Waals surface area (Å²) in [5.41, 5.74) is -0.404. The number of halogens is 2. The highest BCUT2D eigenvalue weighted by atomic mass is 19.1. The molecule has 2 amide bonds. The van der Waals surface area contributed by atoms with Gasteiger partial charge in [0.15, 0.2) is 0 Å². The number of nitrogens with one attached hydrogen (secondary N) is 2. The molecule has 0 aliphatic carbocycles. The summed E-state index contributed by atoms with van der Waals surface area (Å²) in [5.74, 6) is -3.64. The number of hydrogen-bond acceptors (Lipinski definition) is 3. The van der Waals surface area contributed by atoms with E-state index in [2.05, 4.69) is 5.32 Å². The van der Waals surface area contributed by atoms with Crippen LogP contribution in [0.25, 0.3) is 0 Å². The van der Waals surface area contributed by atoms with Crippen LogP contribution in [0.15, 0.2) is 18.2 Å². The average Bonchev–Trinajstić information content (AvgIpc) is 2.42. The summed E-state index contributed by atoms with van der Waals surface area (Å²) in [7, 11) is 0. The SMILES string of the molecule is CCC(O)CCNC(=O)C(=O)Nc1cc(F)ccc1F. The lowest BCUT2D eigenvalue weighted by Gasteiger charge is -2.09. The molecule has 1 aromatic rings. The van der Waals surface area contributed by atoms with E-state index in [9.17, 15) is 23.5 Å². The first-order valence-electron chi connectivity index (χ1n) is 6.16. The molecule has 0 radical (unpaired) electrons. The third kappa shape index (κ3) is 4.93. The normalized spacial score (nSPS) is 11.8. The fourth-order valence-electron chi connectivity index (χ4n) is 1.41. The van der Waals surface area contributed by atoms with E-state index in [1.165, 1.54) is 0 Å². The predicted molar refractivity (Wildman–Crippen MR) is 68.9 cm³/mol. The zero-order chi connectivity index (χ0) is 15.1. The van der Waals surface area contributed by atoms with Gasteiger partial charge in [-0.25, -0.2) is 8.78 Å². The fourth-order valence-corrected chi connectivity index (χ4v) is 1.41. The first kappa shape index (κ1) is 16.0. The van der Waals surface area contributed by atoms with E-state index >= 15 is 0 Å². The molecule has 0 saturated carbocycles. The molecule has 5 nitrogen and oxygen atoms in total. The maximum Gasteiger partial charge on any atom is 0.313 e. The summed E-state index contributed by atoms with van der Waals surface area (Å²) in [5, 5.41) is 13.5. The Morgan fingerprint density at radius 1 is 1.30 bits per heavy atom. The van der Waals surface area contributed by atoms with Crippen molar-refractivity contribution in [2.45, 2.75) is 25.9 Å². The van der Waals surface area contributed by atoms with E-state index in [4.69, 9.17) is 0 Å². The van der Waals surface area contributed by atoms with Crippen LogP contribution < -0.4 is 10.6 Å². The molecule has 7 heteroatoms. The number of aliphatic hydroxyl groups is 1. The number of carbonyl (C=O) groups excluding carboxylic acids is 2. The molecular weight excluding hydrogens is 270 g/mol. The highest BCUT2D eigenvalue weighted by Gasteiger charge is 2.16. The number of hydrogen-bond donors (Lipinski definition) is 3. The Hall–Kier alpha value is -2.02. The van der Waals surface area contributed by atoms with Crippen LogP contribution in [0.5, 0.6) is 0 Å². The Bertz CT molecular complexity index is 495. The average molecular weight is 286 g/mol. The lowest BCUT2D eigenvalue weighted by molar-refractivity contribution is -0.136. The quantitative estimate of drug-likeness (QED) is 0.711.